The number of furan rings is 2. The topological polar surface area (TPSA) is 128 Å². The molecule has 2 atom stereocenters. The highest BCUT2D eigenvalue weighted by molar-refractivity contribution is 7.20. The van der Waals surface area contributed by atoms with Crippen LogP contribution in [-0.4, -0.2) is 35.0 Å². The van der Waals surface area contributed by atoms with E-state index in [-0.39, 0.29) is 17.6 Å². The molecule has 8 rings (SSSR count). The van der Waals surface area contributed by atoms with Crippen molar-refractivity contribution in [1.82, 2.24) is 29.2 Å². The van der Waals surface area contributed by atoms with Gasteiger partial charge in [-0.1, -0.05) is 72.9 Å². The number of nitrogens with one attached hydrogen (secondary N) is 2. The van der Waals surface area contributed by atoms with Crippen LogP contribution in [0.3, 0.4) is 0 Å². The predicted octanol–water partition coefficient (Wildman–Crippen LogP) is 8.12. The van der Waals surface area contributed by atoms with Crippen LogP contribution in [0.15, 0.2) is 107 Å². The molecule has 13 heteroatoms. The van der Waals surface area contributed by atoms with Crippen molar-refractivity contribution < 1.29 is 13.6 Å². The average molecular weight is 675 g/mol. The van der Waals surface area contributed by atoms with Crippen LogP contribution in [0.25, 0.3) is 32.4 Å². The van der Waals surface area contributed by atoms with Gasteiger partial charge in [0, 0.05) is 23.0 Å². The van der Waals surface area contributed by atoms with Gasteiger partial charge in [-0.2, -0.15) is 0 Å². The van der Waals surface area contributed by atoms with E-state index in [1.165, 1.54) is 22.7 Å². The molecule has 11 nitrogen and oxygen atoms in total. The minimum absolute atomic E-state index is 0.136. The van der Waals surface area contributed by atoms with Crippen LogP contribution in [0.2, 0.25) is 0 Å². The van der Waals surface area contributed by atoms with Crippen molar-refractivity contribution in [3.05, 3.63) is 120 Å². The van der Waals surface area contributed by atoms with Crippen LogP contribution < -0.4 is 10.6 Å². The van der Waals surface area contributed by atoms with Gasteiger partial charge in [0.15, 0.2) is 0 Å². The molecule has 0 aliphatic rings. The van der Waals surface area contributed by atoms with Crippen molar-refractivity contribution in [3.63, 3.8) is 0 Å². The minimum Gasteiger partial charge on any atom is -0.467 e. The zero-order valence-corrected chi connectivity index (χ0v) is 27.7. The molecule has 0 bridgehead atoms. The van der Waals surface area contributed by atoms with E-state index in [1.54, 1.807) is 12.5 Å². The van der Waals surface area contributed by atoms with Crippen molar-refractivity contribution in [1.29, 1.82) is 0 Å². The standard InChI is InChI=1S/C35H30N8O3S2/c1-21(23-7-3-9-25(15-23)29-19-38-34-42(29)40-32(47-34)36-17-27-11-5-13-45-27)31(44)22(2)24-8-4-10-26(16-24)30-20-39-35-43(30)41-33(48-35)37-18-28-12-6-14-46-28/h3-16,19-22H,17-18H2,1-2H3,(H,36,40)(H,37,41). The Kier molecular flexibility index (Phi) is 7.82. The molecule has 2 unspecified atom stereocenters. The molecule has 6 heterocycles. The number of rotatable bonds is 12. The Morgan fingerprint density at radius 3 is 1.62 bits per heavy atom. The number of aromatic nitrogens is 6. The number of anilines is 2. The van der Waals surface area contributed by atoms with Gasteiger partial charge < -0.3 is 19.5 Å². The van der Waals surface area contributed by atoms with Gasteiger partial charge >= 0.3 is 0 Å². The normalized spacial score (nSPS) is 12.9. The smallest absolute Gasteiger partial charge is 0.214 e. The van der Waals surface area contributed by atoms with Crippen LogP contribution in [0, 0.1) is 0 Å². The molecule has 0 fully saturated rings. The molecule has 6 aromatic heterocycles. The van der Waals surface area contributed by atoms with Crippen LogP contribution in [0.5, 0.6) is 0 Å². The van der Waals surface area contributed by atoms with Crippen molar-refractivity contribution in [2.45, 2.75) is 38.8 Å². The van der Waals surface area contributed by atoms with E-state index in [0.29, 0.717) is 13.1 Å². The highest BCUT2D eigenvalue weighted by atomic mass is 32.1. The SMILES string of the molecule is CC(C(=O)C(C)c1cccc(-c2cnc3sc(NCc4ccco4)nn23)c1)c1cccc(-c2cnc3sc(NCc4ccco4)nn23)c1. The summed E-state index contributed by atoms with van der Waals surface area (Å²) in [6, 6.07) is 23.7. The van der Waals surface area contributed by atoms with Crippen molar-refractivity contribution in [3.8, 4) is 22.5 Å². The van der Waals surface area contributed by atoms with Crippen molar-refractivity contribution in [2.24, 2.45) is 0 Å². The molecule has 2 N–H and O–H groups in total. The monoisotopic (exact) mass is 674 g/mol. The summed E-state index contributed by atoms with van der Waals surface area (Å²) in [4.78, 5) is 24.6. The van der Waals surface area contributed by atoms with Crippen LogP contribution >= 0.6 is 22.7 Å². The first-order chi connectivity index (χ1) is 23.5. The molecule has 0 saturated heterocycles. The summed E-state index contributed by atoms with van der Waals surface area (Å²) in [5.74, 6) is 1.15. The fraction of sp³-hybridized carbons (Fsp3) is 0.171. The second kappa shape index (κ2) is 12.6. The van der Waals surface area contributed by atoms with Gasteiger partial charge in [-0.3, -0.25) is 4.79 Å². The molecular formula is C35H30N8O3S2. The molecule has 0 amide bonds. The van der Waals surface area contributed by atoms with Gasteiger partial charge in [-0.05, 0) is 47.5 Å². The highest BCUT2D eigenvalue weighted by Gasteiger charge is 2.24. The van der Waals surface area contributed by atoms with E-state index in [2.05, 4.69) is 32.7 Å². The number of ketones is 1. The molecule has 2 aromatic carbocycles. The van der Waals surface area contributed by atoms with E-state index in [0.717, 1.165) is 65.3 Å². The quantitative estimate of drug-likeness (QED) is 0.132. The zero-order chi connectivity index (χ0) is 32.6. The molecule has 0 aliphatic heterocycles. The summed E-state index contributed by atoms with van der Waals surface area (Å²) >= 11 is 2.95. The fourth-order valence-electron chi connectivity index (χ4n) is 5.71. The van der Waals surface area contributed by atoms with Gasteiger partial charge in [-0.15, -0.1) is 10.2 Å². The number of hydrogen-bond donors (Lipinski definition) is 2. The van der Waals surface area contributed by atoms with Crippen LogP contribution in [0.1, 0.15) is 48.3 Å². The summed E-state index contributed by atoms with van der Waals surface area (Å²) in [6.07, 6.45) is 6.95. The second-order valence-electron chi connectivity index (χ2n) is 11.5. The van der Waals surface area contributed by atoms with Crippen molar-refractivity contribution >= 4 is 48.6 Å². The third-order valence-electron chi connectivity index (χ3n) is 8.38. The van der Waals surface area contributed by atoms with Gasteiger partial charge in [0.05, 0.1) is 49.4 Å². The number of hydrogen-bond acceptors (Lipinski definition) is 11. The Bertz CT molecular complexity index is 2170. The molecule has 240 valence electrons. The summed E-state index contributed by atoms with van der Waals surface area (Å²) < 4.78 is 14.5. The number of Topliss-reactive ketones (excluding diaryl/α,β-unsaturated/α-hetero) is 1. The number of imidazole rings is 2. The predicted molar refractivity (Wildman–Crippen MR) is 187 cm³/mol. The minimum atomic E-state index is -0.323. The molecule has 8 aromatic rings. The Morgan fingerprint density at radius 1 is 0.708 bits per heavy atom. The Balaban J connectivity index is 0.987. The lowest BCUT2D eigenvalue weighted by atomic mass is 9.85. The largest absolute Gasteiger partial charge is 0.467 e. The molecule has 0 radical (unpaired) electrons. The van der Waals surface area contributed by atoms with E-state index < -0.39 is 0 Å². The summed E-state index contributed by atoms with van der Waals surface area (Å²) in [6.45, 7) is 5.03. The fourth-order valence-corrected chi connectivity index (χ4v) is 7.25. The number of fused-ring (bicyclic) bond motifs is 2. The van der Waals surface area contributed by atoms with Crippen molar-refractivity contribution in [2.75, 3.05) is 10.6 Å². The number of carbonyl (C=O) groups excluding carboxylic acids is 1. The average Bonchev–Trinajstić information content (AvgIpc) is 3.95. The molecule has 0 spiro atoms. The van der Waals surface area contributed by atoms with E-state index in [9.17, 15) is 4.79 Å². The lowest BCUT2D eigenvalue weighted by Crippen LogP contribution is -2.16. The number of nitrogens with zero attached hydrogens (tertiary/aromatic N) is 6. The third-order valence-corrected chi connectivity index (χ3v) is 10.1. The van der Waals surface area contributed by atoms with E-state index in [4.69, 9.17) is 19.0 Å². The van der Waals surface area contributed by atoms with Gasteiger partial charge in [-0.25, -0.2) is 19.0 Å². The maximum Gasteiger partial charge on any atom is 0.214 e. The Labute approximate surface area is 282 Å². The summed E-state index contributed by atoms with van der Waals surface area (Å²) in [7, 11) is 0. The van der Waals surface area contributed by atoms with Gasteiger partial charge in [0.25, 0.3) is 0 Å². The van der Waals surface area contributed by atoms with Gasteiger partial charge in [0.2, 0.25) is 20.2 Å². The Morgan fingerprint density at radius 2 is 1.19 bits per heavy atom. The zero-order valence-electron chi connectivity index (χ0n) is 26.0. The summed E-state index contributed by atoms with van der Waals surface area (Å²) in [5.41, 5.74) is 5.50. The number of carbonyl (C=O) groups is 1. The lowest BCUT2D eigenvalue weighted by molar-refractivity contribution is -0.121. The molecular weight excluding hydrogens is 645 g/mol. The summed E-state index contributed by atoms with van der Waals surface area (Å²) in [5, 5.41) is 17.6. The maximum absolute atomic E-state index is 13.9. The highest BCUT2D eigenvalue weighted by Crippen LogP contribution is 2.33. The first-order valence-electron chi connectivity index (χ1n) is 15.5. The van der Waals surface area contributed by atoms with E-state index >= 15 is 0 Å². The van der Waals surface area contributed by atoms with Crippen LogP contribution in [0.4, 0.5) is 10.3 Å². The molecule has 0 aliphatic carbocycles. The Hall–Kier alpha value is -5.53. The first-order valence-corrected chi connectivity index (χ1v) is 17.1. The first kappa shape index (κ1) is 29.8. The van der Waals surface area contributed by atoms with E-state index in [1.807, 2.05) is 95.9 Å². The number of benzene rings is 2. The third kappa shape index (κ3) is 5.78. The van der Waals surface area contributed by atoms with Crippen LogP contribution in [-0.2, 0) is 17.9 Å². The molecule has 0 saturated carbocycles. The van der Waals surface area contributed by atoms with Gasteiger partial charge in [0.1, 0.15) is 17.3 Å². The maximum atomic E-state index is 13.9. The molecule has 48 heavy (non-hydrogen) atoms. The second-order valence-corrected chi connectivity index (χ2v) is 13.4. The lowest BCUT2D eigenvalue weighted by Gasteiger charge is -2.18.